The van der Waals surface area contributed by atoms with Crippen LogP contribution in [0.3, 0.4) is 0 Å². The summed E-state index contributed by atoms with van der Waals surface area (Å²) < 4.78 is 0. The molecular formula is C46H44IrN2-2. The van der Waals surface area contributed by atoms with Crippen molar-refractivity contribution in [3.05, 3.63) is 132 Å². The van der Waals surface area contributed by atoms with Crippen LogP contribution in [0.5, 0.6) is 0 Å². The molecule has 0 aliphatic carbocycles. The minimum Gasteiger partial charge on any atom is -0.305 e. The predicted octanol–water partition coefficient (Wildman–Crippen LogP) is 12.5. The Morgan fingerprint density at radius 3 is 1.73 bits per heavy atom. The molecule has 2 heterocycles. The smallest absolute Gasteiger partial charge is 0.0167 e. The third kappa shape index (κ3) is 6.36. The first-order valence-corrected chi connectivity index (χ1v) is 17.0. The van der Waals surface area contributed by atoms with E-state index in [1.165, 1.54) is 59.8 Å². The first-order chi connectivity index (χ1) is 22.7. The Morgan fingerprint density at radius 2 is 1.06 bits per heavy atom. The molecule has 0 aliphatic heterocycles. The van der Waals surface area contributed by atoms with Gasteiger partial charge in [0, 0.05) is 32.5 Å². The van der Waals surface area contributed by atoms with Gasteiger partial charge >= 0.3 is 0 Å². The van der Waals surface area contributed by atoms with Crippen LogP contribution in [0.15, 0.2) is 103 Å². The minimum absolute atomic E-state index is 0. The van der Waals surface area contributed by atoms with Crippen LogP contribution in [-0.2, 0) is 36.4 Å². The molecule has 8 rings (SSSR count). The maximum atomic E-state index is 4.81. The Morgan fingerprint density at radius 1 is 0.469 bits per heavy atom. The summed E-state index contributed by atoms with van der Waals surface area (Å²) in [7, 11) is 0. The van der Waals surface area contributed by atoms with Crippen LogP contribution < -0.4 is 0 Å². The van der Waals surface area contributed by atoms with Crippen molar-refractivity contribution in [1.82, 2.24) is 9.97 Å². The molecule has 0 saturated carbocycles. The fourth-order valence-electron chi connectivity index (χ4n) is 6.83. The van der Waals surface area contributed by atoms with E-state index >= 15 is 0 Å². The standard InChI is InChI=1S/C27H20N.C19H24N.Ir/c1-27(2,3)16-14-22-18-9-5-4-8-17(18)20-12-13-28-26-21-11-7-6-10-19(21)23(15-16)24(22)25(20)26;1-18(2,3)15-9-7-8-14(12-15)17-13-16(10-11-20-17)19(4,5)6;/h4-10,12-15H,1-3H3;7,9-13H,1-6H3;/q2*-1;. The van der Waals surface area contributed by atoms with Crippen molar-refractivity contribution in [2.75, 3.05) is 0 Å². The second-order valence-electron chi connectivity index (χ2n) is 16.2. The normalized spacial score (nSPS) is 12.4. The van der Waals surface area contributed by atoms with Crippen LogP contribution in [-0.4, -0.2) is 9.97 Å². The molecule has 0 atom stereocenters. The largest absolute Gasteiger partial charge is 0.305 e. The van der Waals surface area contributed by atoms with E-state index in [9.17, 15) is 0 Å². The molecular weight excluding hydrogens is 773 g/mol. The molecule has 1 radical (unpaired) electrons. The van der Waals surface area contributed by atoms with Crippen molar-refractivity contribution in [2.24, 2.45) is 0 Å². The fraction of sp³-hybridized carbons (Fsp3) is 0.261. The summed E-state index contributed by atoms with van der Waals surface area (Å²) in [5, 5.41) is 11.5. The Bertz CT molecular complexity index is 2290. The molecule has 0 N–H and O–H groups in total. The monoisotopic (exact) mass is 817 g/mol. The van der Waals surface area contributed by atoms with E-state index in [1.807, 2.05) is 24.5 Å². The summed E-state index contributed by atoms with van der Waals surface area (Å²) >= 11 is 0. The van der Waals surface area contributed by atoms with Crippen molar-refractivity contribution in [3.8, 4) is 11.3 Å². The number of aromatic nitrogens is 2. The van der Waals surface area contributed by atoms with Gasteiger partial charge in [0.15, 0.2) is 0 Å². The minimum atomic E-state index is 0. The molecule has 0 saturated heterocycles. The summed E-state index contributed by atoms with van der Waals surface area (Å²) in [5.41, 5.74) is 7.47. The van der Waals surface area contributed by atoms with Gasteiger partial charge in [-0.1, -0.05) is 116 Å². The molecule has 0 fully saturated rings. The van der Waals surface area contributed by atoms with E-state index in [0.717, 1.165) is 22.2 Å². The van der Waals surface area contributed by atoms with E-state index < -0.39 is 0 Å². The first-order valence-electron chi connectivity index (χ1n) is 17.0. The number of fused-ring (bicyclic) bond motifs is 6. The molecule has 0 bridgehead atoms. The van der Waals surface area contributed by atoms with Gasteiger partial charge < -0.3 is 9.97 Å². The van der Waals surface area contributed by atoms with Crippen LogP contribution in [0.1, 0.15) is 79.0 Å². The van der Waals surface area contributed by atoms with Gasteiger partial charge in [0.2, 0.25) is 0 Å². The summed E-state index contributed by atoms with van der Waals surface area (Å²) in [6.45, 7) is 20.2. The zero-order valence-electron chi connectivity index (χ0n) is 30.0. The van der Waals surface area contributed by atoms with Crippen molar-refractivity contribution in [3.63, 3.8) is 0 Å². The van der Waals surface area contributed by atoms with Crippen molar-refractivity contribution in [2.45, 2.75) is 78.6 Å². The maximum absolute atomic E-state index is 4.81. The van der Waals surface area contributed by atoms with Gasteiger partial charge in [-0.25, -0.2) is 0 Å². The van der Waals surface area contributed by atoms with E-state index in [2.05, 4.69) is 158 Å². The molecule has 2 nitrogen and oxygen atoms in total. The Hall–Kier alpha value is -4.17. The molecule has 0 amide bonds. The number of rotatable bonds is 1. The third-order valence-electron chi connectivity index (χ3n) is 9.67. The molecule has 249 valence electrons. The average Bonchev–Trinajstić information content (AvgIpc) is 3.07. The number of nitrogens with zero attached hydrogens (tertiary/aromatic N) is 2. The quantitative estimate of drug-likeness (QED) is 0.0937. The van der Waals surface area contributed by atoms with E-state index in [4.69, 9.17) is 4.98 Å². The second-order valence-corrected chi connectivity index (χ2v) is 16.2. The van der Waals surface area contributed by atoms with Crippen molar-refractivity contribution < 1.29 is 20.1 Å². The summed E-state index contributed by atoms with van der Waals surface area (Å²) in [6.07, 6.45) is 3.84. The van der Waals surface area contributed by atoms with E-state index in [-0.39, 0.29) is 36.4 Å². The van der Waals surface area contributed by atoms with Gasteiger partial charge in [-0.05, 0) is 83.0 Å². The number of pyridine rings is 2. The number of benzene rings is 6. The van der Waals surface area contributed by atoms with Crippen LogP contribution in [0.2, 0.25) is 0 Å². The van der Waals surface area contributed by atoms with Gasteiger partial charge in [0.05, 0.1) is 0 Å². The van der Waals surface area contributed by atoms with Gasteiger partial charge in [-0.15, -0.1) is 65.0 Å². The van der Waals surface area contributed by atoms with E-state index in [0.29, 0.717) is 0 Å². The topological polar surface area (TPSA) is 25.8 Å². The fourth-order valence-corrected chi connectivity index (χ4v) is 6.83. The van der Waals surface area contributed by atoms with Gasteiger partial charge in [0.1, 0.15) is 0 Å². The molecule has 3 heteroatoms. The SMILES string of the molecule is CC(C)(C)c1cc2c3ccc[c-]c3c3nccc4c5ccccc5c(c1)c2c43.CC(C)(C)c1cc[c-]c(-c2cc(C(C)(C)C)ccn2)c1.[Ir]. The molecule has 49 heavy (non-hydrogen) atoms. The first kappa shape index (κ1) is 34.7. The molecule has 8 aromatic rings. The third-order valence-corrected chi connectivity index (χ3v) is 9.67. The Kier molecular flexibility index (Phi) is 8.93. The molecule has 6 aromatic carbocycles. The number of hydrogen-bond donors (Lipinski definition) is 0. The summed E-state index contributed by atoms with van der Waals surface area (Å²) in [4.78, 5) is 9.32. The van der Waals surface area contributed by atoms with Crippen LogP contribution in [0.4, 0.5) is 0 Å². The molecule has 0 aliphatic rings. The number of hydrogen-bond acceptors (Lipinski definition) is 2. The van der Waals surface area contributed by atoms with Gasteiger partial charge in [-0.2, -0.15) is 0 Å². The van der Waals surface area contributed by atoms with Crippen LogP contribution in [0, 0.1) is 12.1 Å². The van der Waals surface area contributed by atoms with Gasteiger partial charge in [0.25, 0.3) is 0 Å². The maximum Gasteiger partial charge on any atom is 0.0167 e. The zero-order valence-corrected chi connectivity index (χ0v) is 32.4. The molecule has 0 unspecified atom stereocenters. The van der Waals surface area contributed by atoms with Gasteiger partial charge in [-0.3, -0.25) is 0 Å². The summed E-state index contributed by atoms with van der Waals surface area (Å²) in [5.74, 6) is 0. The van der Waals surface area contributed by atoms with Crippen LogP contribution in [0.25, 0.3) is 65.3 Å². The zero-order chi connectivity index (χ0) is 34.0. The van der Waals surface area contributed by atoms with E-state index in [1.54, 1.807) is 0 Å². The average molecular weight is 817 g/mol. The second kappa shape index (κ2) is 12.6. The Balaban J connectivity index is 0.000000177. The molecule has 0 spiro atoms. The Labute approximate surface area is 304 Å². The predicted molar refractivity (Wildman–Crippen MR) is 206 cm³/mol. The van der Waals surface area contributed by atoms with Crippen molar-refractivity contribution >= 4 is 54.0 Å². The van der Waals surface area contributed by atoms with Crippen LogP contribution >= 0.6 is 0 Å². The molecule has 2 aromatic heterocycles. The van der Waals surface area contributed by atoms with Crippen molar-refractivity contribution in [1.29, 1.82) is 0 Å². The summed E-state index contributed by atoms with van der Waals surface area (Å²) in [6, 6.07) is 39.4.